The van der Waals surface area contributed by atoms with Gasteiger partial charge in [0.05, 0.1) is 18.3 Å². The lowest BCUT2D eigenvalue weighted by Gasteiger charge is -2.30. The topological polar surface area (TPSA) is 52.7 Å². The fourth-order valence-electron chi connectivity index (χ4n) is 3.74. The van der Waals surface area contributed by atoms with Crippen LogP contribution in [0.25, 0.3) is 10.8 Å². The van der Waals surface area contributed by atoms with Crippen molar-refractivity contribution in [3.05, 3.63) is 71.8 Å². The lowest BCUT2D eigenvalue weighted by molar-refractivity contribution is -0.124. The lowest BCUT2D eigenvalue weighted by atomic mass is 10.1. The van der Waals surface area contributed by atoms with Gasteiger partial charge in [-0.1, -0.05) is 48.5 Å². The summed E-state index contributed by atoms with van der Waals surface area (Å²) in [6, 6.07) is 19.5. The van der Waals surface area contributed by atoms with E-state index in [0.717, 1.165) is 33.3 Å². The molecule has 0 radical (unpaired) electrons. The normalized spacial score (nSPS) is 12.1. The van der Waals surface area contributed by atoms with Gasteiger partial charge in [-0.25, -0.2) is 0 Å². The van der Waals surface area contributed by atoms with Crippen LogP contribution in [0.5, 0.6) is 0 Å². The highest BCUT2D eigenvalue weighted by atomic mass is 16.2. The number of hydrogen-bond donors (Lipinski definition) is 1. The van der Waals surface area contributed by atoms with Crippen LogP contribution >= 0.6 is 0 Å². The molecule has 162 valence electrons. The summed E-state index contributed by atoms with van der Waals surface area (Å²) in [5.74, 6) is -0.162. The smallest absolute Gasteiger partial charge is 0.244 e. The van der Waals surface area contributed by atoms with Crippen molar-refractivity contribution in [1.29, 1.82) is 0 Å². The van der Waals surface area contributed by atoms with Gasteiger partial charge in [0.15, 0.2) is 0 Å². The molecule has 31 heavy (non-hydrogen) atoms. The second-order valence-electron chi connectivity index (χ2n) is 7.97. The molecule has 5 heteroatoms. The van der Waals surface area contributed by atoms with Crippen LogP contribution in [0.1, 0.15) is 25.0 Å². The van der Waals surface area contributed by atoms with E-state index in [1.165, 1.54) is 0 Å². The van der Waals surface area contributed by atoms with E-state index in [0.29, 0.717) is 6.54 Å². The minimum Gasteiger partial charge on any atom is -0.325 e. The van der Waals surface area contributed by atoms with Crippen LogP contribution in [0.2, 0.25) is 0 Å². The van der Waals surface area contributed by atoms with Gasteiger partial charge in [0, 0.05) is 17.6 Å². The molecule has 0 saturated carbocycles. The van der Waals surface area contributed by atoms with E-state index in [9.17, 15) is 9.59 Å². The Labute approximate surface area is 184 Å². The van der Waals surface area contributed by atoms with Crippen molar-refractivity contribution in [2.45, 2.75) is 33.7 Å². The molecule has 0 saturated heterocycles. The maximum absolute atomic E-state index is 13.4. The van der Waals surface area contributed by atoms with Gasteiger partial charge in [0.1, 0.15) is 0 Å². The summed E-state index contributed by atoms with van der Waals surface area (Å²) in [6.45, 7) is 8.52. The Kier molecular flexibility index (Phi) is 7.08. The predicted molar refractivity (Wildman–Crippen MR) is 129 cm³/mol. The van der Waals surface area contributed by atoms with Crippen molar-refractivity contribution in [3.8, 4) is 0 Å². The molecule has 0 aliphatic carbocycles. The molecule has 0 unspecified atom stereocenters. The minimum atomic E-state index is -0.441. The fraction of sp³-hybridized carbons (Fsp3) is 0.308. The quantitative estimate of drug-likeness (QED) is 0.603. The number of carbonyl (C=O) groups excluding carboxylic acids is 2. The summed E-state index contributed by atoms with van der Waals surface area (Å²) in [5, 5.41) is 5.11. The Morgan fingerprint density at radius 2 is 1.65 bits per heavy atom. The minimum absolute atomic E-state index is 0.0270. The maximum atomic E-state index is 13.4. The Morgan fingerprint density at radius 1 is 0.968 bits per heavy atom. The first kappa shape index (κ1) is 22.5. The van der Waals surface area contributed by atoms with E-state index in [1.54, 1.807) is 9.80 Å². The number of hydrogen-bond acceptors (Lipinski definition) is 3. The van der Waals surface area contributed by atoms with E-state index in [1.807, 2.05) is 95.4 Å². The number of carbonyl (C=O) groups is 2. The van der Waals surface area contributed by atoms with E-state index in [4.69, 9.17) is 0 Å². The molecule has 0 heterocycles. The number of aryl methyl sites for hydroxylation is 1. The third kappa shape index (κ3) is 4.94. The van der Waals surface area contributed by atoms with Gasteiger partial charge in [0.2, 0.25) is 11.8 Å². The average Bonchev–Trinajstić information content (AvgIpc) is 2.77. The first-order chi connectivity index (χ1) is 14.8. The van der Waals surface area contributed by atoms with Crippen LogP contribution in [0.4, 0.5) is 11.4 Å². The second kappa shape index (κ2) is 9.75. The van der Waals surface area contributed by atoms with E-state index in [-0.39, 0.29) is 18.4 Å². The number of nitrogens with one attached hydrogen (secondary N) is 1. The van der Waals surface area contributed by atoms with Crippen LogP contribution in [-0.2, 0) is 9.59 Å². The molecular weight excluding hydrogens is 386 g/mol. The molecule has 5 nitrogen and oxygen atoms in total. The van der Waals surface area contributed by atoms with Gasteiger partial charge in [-0.2, -0.15) is 0 Å². The van der Waals surface area contributed by atoms with E-state index < -0.39 is 6.04 Å². The van der Waals surface area contributed by atoms with Gasteiger partial charge in [-0.05, 0) is 63.4 Å². The zero-order valence-corrected chi connectivity index (χ0v) is 19.0. The molecule has 3 aromatic carbocycles. The summed E-state index contributed by atoms with van der Waals surface area (Å²) >= 11 is 0. The SMILES string of the molecule is CCN(C(=O)[C@@H](C)N(C)CC(=O)Nc1cccc(C)c1C)c1cccc2ccccc12. The van der Waals surface area contributed by atoms with Crippen LogP contribution in [0.3, 0.4) is 0 Å². The largest absolute Gasteiger partial charge is 0.325 e. The molecule has 0 aromatic heterocycles. The number of nitrogens with zero attached hydrogens (tertiary/aromatic N) is 2. The number of likely N-dealkylation sites (N-methyl/N-ethyl adjacent to an activating group) is 2. The third-order valence-corrected chi connectivity index (χ3v) is 5.93. The maximum Gasteiger partial charge on any atom is 0.244 e. The lowest BCUT2D eigenvalue weighted by Crippen LogP contribution is -2.48. The highest BCUT2D eigenvalue weighted by Crippen LogP contribution is 2.27. The molecule has 2 amide bonds. The molecule has 3 rings (SSSR count). The van der Waals surface area contributed by atoms with Crippen LogP contribution in [0.15, 0.2) is 60.7 Å². The highest BCUT2D eigenvalue weighted by molar-refractivity contribution is 6.05. The van der Waals surface area contributed by atoms with Gasteiger partial charge in [-0.15, -0.1) is 0 Å². The van der Waals surface area contributed by atoms with Gasteiger partial charge >= 0.3 is 0 Å². The number of fused-ring (bicyclic) bond motifs is 1. The summed E-state index contributed by atoms with van der Waals surface area (Å²) in [7, 11) is 1.81. The van der Waals surface area contributed by atoms with Gasteiger partial charge < -0.3 is 10.2 Å². The van der Waals surface area contributed by atoms with Crippen molar-refractivity contribution in [2.24, 2.45) is 0 Å². The van der Waals surface area contributed by atoms with Crippen LogP contribution < -0.4 is 10.2 Å². The van der Waals surface area contributed by atoms with E-state index >= 15 is 0 Å². The third-order valence-electron chi connectivity index (χ3n) is 5.93. The fourth-order valence-corrected chi connectivity index (χ4v) is 3.74. The van der Waals surface area contributed by atoms with Crippen molar-refractivity contribution >= 4 is 34.0 Å². The monoisotopic (exact) mass is 417 g/mol. The Hall–Kier alpha value is -3.18. The first-order valence-electron chi connectivity index (χ1n) is 10.7. The molecule has 1 atom stereocenters. The van der Waals surface area contributed by atoms with Crippen LogP contribution in [0, 0.1) is 13.8 Å². The summed E-state index contributed by atoms with van der Waals surface area (Å²) < 4.78 is 0. The molecule has 0 spiro atoms. The molecule has 0 aliphatic rings. The number of anilines is 2. The Bertz CT molecular complexity index is 1090. The number of amides is 2. The average molecular weight is 418 g/mol. The molecule has 0 aliphatic heterocycles. The molecule has 3 aromatic rings. The zero-order valence-electron chi connectivity index (χ0n) is 19.0. The summed E-state index contributed by atoms with van der Waals surface area (Å²) in [5.41, 5.74) is 3.88. The molecule has 1 N–H and O–H groups in total. The van der Waals surface area contributed by atoms with Crippen molar-refractivity contribution in [3.63, 3.8) is 0 Å². The highest BCUT2D eigenvalue weighted by Gasteiger charge is 2.26. The Balaban J connectivity index is 1.73. The van der Waals surface area contributed by atoms with Gasteiger partial charge in [0.25, 0.3) is 0 Å². The van der Waals surface area contributed by atoms with E-state index in [2.05, 4.69) is 5.32 Å². The second-order valence-corrected chi connectivity index (χ2v) is 7.97. The molecule has 0 fully saturated rings. The molecule has 0 bridgehead atoms. The number of rotatable bonds is 7. The first-order valence-corrected chi connectivity index (χ1v) is 10.7. The standard InChI is InChI=1S/C26H31N3O2/c1-6-29(24-16-10-13-21-12-7-8-14-22(21)24)26(31)20(4)28(5)17-25(30)27-23-15-9-11-18(2)19(23)3/h7-16,20H,6,17H2,1-5H3,(H,27,30)/t20-/m1/s1. The van der Waals surface area contributed by atoms with Gasteiger partial charge in [-0.3, -0.25) is 14.5 Å². The predicted octanol–water partition coefficient (Wildman–Crippen LogP) is 4.77. The summed E-state index contributed by atoms with van der Waals surface area (Å²) in [6.07, 6.45) is 0. The van der Waals surface area contributed by atoms with Crippen molar-refractivity contribution in [2.75, 3.05) is 30.4 Å². The molecular formula is C26H31N3O2. The Morgan fingerprint density at radius 3 is 2.39 bits per heavy atom. The zero-order chi connectivity index (χ0) is 22.5. The number of benzene rings is 3. The van der Waals surface area contributed by atoms with Crippen molar-refractivity contribution in [1.82, 2.24) is 4.90 Å². The van der Waals surface area contributed by atoms with Crippen molar-refractivity contribution < 1.29 is 9.59 Å². The van der Waals surface area contributed by atoms with Crippen LogP contribution in [-0.4, -0.2) is 42.9 Å². The summed E-state index contributed by atoms with van der Waals surface area (Å²) in [4.78, 5) is 29.6.